The number of benzene rings is 2. The molecule has 1 aliphatic carbocycles. The van der Waals surface area contributed by atoms with E-state index in [4.69, 9.17) is 15.5 Å². The fraction of sp³-hybridized carbons (Fsp3) is 0.296. The minimum absolute atomic E-state index is 0.0566. The van der Waals surface area contributed by atoms with Gasteiger partial charge in [-0.3, -0.25) is 14.9 Å². The van der Waals surface area contributed by atoms with Crippen molar-refractivity contribution in [1.29, 1.82) is 0 Å². The van der Waals surface area contributed by atoms with E-state index in [0.29, 0.717) is 29.3 Å². The lowest BCUT2D eigenvalue weighted by atomic mass is 9.73. The standard InChI is InChI=1S/C27H26N6O2/c28-23-17-6-2-1-5-16(17)15-27(23)10-12-33(13-11-27)26-29-24-21(25(34)30-26)22(31-32-24)19-9-14-35-20-8-4-3-7-18(19)20/h1-9,23H,10-15,28H2,(H2,29,30,31,32,34)/t23-/m1/s1. The van der Waals surface area contributed by atoms with Gasteiger partial charge in [0, 0.05) is 30.3 Å². The zero-order valence-corrected chi connectivity index (χ0v) is 19.3. The van der Waals surface area contributed by atoms with E-state index in [1.54, 1.807) is 0 Å². The number of rotatable bonds is 2. The van der Waals surface area contributed by atoms with Crippen LogP contribution in [-0.2, 0) is 6.42 Å². The first-order valence-electron chi connectivity index (χ1n) is 12.1. The second-order valence-corrected chi connectivity index (χ2v) is 9.81. The third kappa shape index (κ3) is 3.06. The number of nitrogens with zero attached hydrogens (tertiary/aromatic N) is 3. The Morgan fingerprint density at radius 1 is 1.09 bits per heavy atom. The zero-order valence-electron chi connectivity index (χ0n) is 19.3. The molecule has 4 N–H and O–H groups in total. The van der Waals surface area contributed by atoms with Gasteiger partial charge in [-0.15, -0.1) is 0 Å². The van der Waals surface area contributed by atoms with Crippen molar-refractivity contribution in [2.75, 3.05) is 24.6 Å². The highest BCUT2D eigenvalue weighted by atomic mass is 16.5. The lowest BCUT2D eigenvalue weighted by molar-refractivity contribution is 0.187. The number of piperidine rings is 1. The van der Waals surface area contributed by atoms with Crippen molar-refractivity contribution >= 4 is 22.6 Å². The van der Waals surface area contributed by atoms with Crippen molar-refractivity contribution in [2.45, 2.75) is 25.3 Å². The Hall–Kier alpha value is -3.91. The largest absolute Gasteiger partial charge is 0.489 e. The van der Waals surface area contributed by atoms with Crippen LogP contribution in [0.3, 0.4) is 0 Å². The molecule has 35 heavy (non-hydrogen) atoms. The topological polar surface area (TPSA) is 113 Å². The molecule has 3 aliphatic rings. The first-order valence-corrected chi connectivity index (χ1v) is 12.1. The van der Waals surface area contributed by atoms with Crippen LogP contribution in [0, 0.1) is 5.41 Å². The van der Waals surface area contributed by atoms with E-state index in [9.17, 15) is 4.79 Å². The summed E-state index contributed by atoms with van der Waals surface area (Å²) in [4.78, 5) is 23.2. The Morgan fingerprint density at radius 3 is 2.74 bits per heavy atom. The van der Waals surface area contributed by atoms with Crippen LogP contribution in [-0.4, -0.2) is 39.9 Å². The molecule has 2 aromatic heterocycles. The number of aromatic nitrogens is 4. The summed E-state index contributed by atoms with van der Waals surface area (Å²) >= 11 is 0. The average Bonchev–Trinajstić information content (AvgIpc) is 3.44. The molecule has 0 unspecified atom stereocenters. The minimum Gasteiger partial charge on any atom is -0.489 e. The number of para-hydroxylation sites is 1. The van der Waals surface area contributed by atoms with Crippen molar-refractivity contribution in [3.05, 3.63) is 87.3 Å². The van der Waals surface area contributed by atoms with Gasteiger partial charge in [0.05, 0.1) is 0 Å². The molecule has 0 bridgehead atoms. The Labute approximate surface area is 201 Å². The summed E-state index contributed by atoms with van der Waals surface area (Å²) in [5, 5.41) is 7.95. The maximum Gasteiger partial charge on any atom is 0.264 e. The summed E-state index contributed by atoms with van der Waals surface area (Å²) in [6.07, 6.45) is 4.90. The molecule has 8 heteroatoms. The normalized spacial score (nSPS) is 20.4. The molecule has 1 atom stereocenters. The predicted octanol–water partition coefficient (Wildman–Crippen LogP) is 3.31. The molecule has 8 nitrogen and oxygen atoms in total. The average molecular weight is 467 g/mol. The van der Waals surface area contributed by atoms with Crippen LogP contribution in [0.4, 0.5) is 5.95 Å². The van der Waals surface area contributed by atoms with E-state index in [1.165, 1.54) is 11.1 Å². The number of ether oxygens (including phenoxy) is 1. The lowest BCUT2D eigenvalue weighted by Crippen LogP contribution is -2.45. The summed E-state index contributed by atoms with van der Waals surface area (Å²) in [6.45, 7) is 2.03. The molecule has 1 saturated heterocycles. The molecular weight excluding hydrogens is 440 g/mol. The maximum atomic E-state index is 13.3. The number of hydrogen-bond acceptors (Lipinski definition) is 6. The molecule has 2 aromatic carbocycles. The van der Waals surface area contributed by atoms with Crippen molar-refractivity contribution in [3.8, 4) is 5.75 Å². The molecular formula is C27H26N6O2. The molecule has 1 fully saturated rings. The number of nitrogens with one attached hydrogen (secondary N) is 2. The van der Waals surface area contributed by atoms with Crippen LogP contribution in [0.2, 0.25) is 0 Å². The summed E-state index contributed by atoms with van der Waals surface area (Å²) in [5.74, 6) is 1.37. The van der Waals surface area contributed by atoms with Crippen LogP contribution in [0.5, 0.6) is 5.75 Å². The first-order chi connectivity index (χ1) is 17.1. The Kier molecular flexibility index (Phi) is 4.41. The highest BCUT2D eigenvalue weighted by Gasteiger charge is 2.46. The molecule has 7 rings (SSSR count). The van der Waals surface area contributed by atoms with E-state index >= 15 is 0 Å². The monoisotopic (exact) mass is 466 g/mol. The molecule has 176 valence electrons. The fourth-order valence-electron chi connectivity index (χ4n) is 6.10. The second kappa shape index (κ2) is 7.55. The zero-order chi connectivity index (χ0) is 23.6. The van der Waals surface area contributed by atoms with Gasteiger partial charge in [0.25, 0.3) is 5.56 Å². The summed E-state index contributed by atoms with van der Waals surface area (Å²) in [6, 6.07) is 16.4. The Morgan fingerprint density at radius 2 is 1.89 bits per heavy atom. The van der Waals surface area contributed by atoms with Gasteiger partial charge in [-0.25, -0.2) is 0 Å². The minimum atomic E-state index is -0.191. The predicted molar refractivity (Wildman–Crippen MR) is 134 cm³/mol. The van der Waals surface area contributed by atoms with Crippen LogP contribution in [0.15, 0.2) is 59.4 Å². The molecule has 0 amide bonds. The van der Waals surface area contributed by atoms with Crippen LogP contribution >= 0.6 is 0 Å². The number of anilines is 1. The van der Waals surface area contributed by atoms with Crippen LogP contribution < -0.4 is 20.9 Å². The highest BCUT2D eigenvalue weighted by molar-refractivity contribution is 5.94. The van der Waals surface area contributed by atoms with E-state index in [-0.39, 0.29) is 17.0 Å². The van der Waals surface area contributed by atoms with Crippen molar-refractivity contribution in [2.24, 2.45) is 11.1 Å². The van der Waals surface area contributed by atoms with Crippen molar-refractivity contribution in [1.82, 2.24) is 20.2 Å². The van der Waals surface area contributed by atoms with Gasteiger partial charge >= 0.3 is 0 Å². The molecule has 4 heterocycles. The number of hydrogen-bond donors (Lipinski definition) is 3. The Bertz CT molecular complexity index is 1540. The van der Waals surface area contributed by atoms with Crippen molar-refractivity contribution < 1.29 is 4.74 Å². The van der Waals surface area contributed by atoms with Crippen LogP contribution in [0.25, 0.3) is 16.6 Å². The molecule has 2 aliphatic heterocycles. The van der Waals surface area contributed by atoms with Gasteiger partial charge in [0.15, 0.2) is 5.65 Å². The van der Waals surface area contributed by atoms with E-state index in [0.717, 1.165) is 49.2 Å². The number of H-pyrrole nitrogens is 2. The van der Waals surface area contributed by atoms with Gasteiger partial charge in [-0.1, -0.05) is 42.5 Å². The SMILES string of the molecule is N[C@@H]1c2ccccc2CC12CCN(c1nc3[nH]nc(C4=CCOc5ccccc54)c3c(=O)[nH]1)CC2. The van der Waals surface area contributed by atoms with Gasteiger partial charge in [0.2, 0.25) is 5.95 Å². The quantitative estimate of drug-likeness (QED) is 0.418. The maximum absolute atomic E-state index is 13.3. The smallest absolute Gasteiger partial charge is 0.264 e. The van der Waals surface area contributed by atoms with Gasteiger partial charge < -0.3 is 15.4 Å². The second-order valence-electron chi connectivity index (χ2n) is 9.81. The van der Waals surface area contributed by atoms with E-state index < -0.39 is 0 Å². The first kappa shape index (κ1) is 20.5. The van der Waals surface area contributed by atoms with Gasteiger partial charge in [-0.2, -0.15) is 10.1 Å². The molecule has 0 saturated carbocycles. The van der Waals surface area contributed by atoms with Crippen molar-refractivity contribution in [3.63, 3.8) is 0 Å². The summed E-state index contributed by atoms with van der Waals surface area (Å²) < 4.78 is 5.73. The molecule has 0 radical (unpaired) electrons. The number of aromatic amines is 2. The molecule has 4 aromatic rings. The van der Waals surface area contributed by atoms with Gasteiger partial charge in [-0.05, 0) is 47.9 Å². The third-order valence-electron chi connectivity index (χ3n) is 8.03. The van der Waals surface area contributed by atoms with E-state index in [1.807, 2.05) is 30.3 Å². The third-order valence-corrected chi connectivity index (χ3v) is 8.03. The number of nitrogens with two attached hydrogens (primary N) is 1. The Balaban J connectivity index is 1.18. The summed E-state index contributed by atoms with van der Waals surface area (Å²) in [5.41, 5.74) is 12.2. The highest BCUT2D eigenvalue weighted by Crippen LogP contribution is 2.50. The molecule has 1 spiro atoms. The van der Waals surface area contributed by atoms with E-state index in [2.05, 4.69) is 44.3 Å². The fourth-order valence-corrected chi connectivity index (χ4v) is 6.10. The lowest BCUT2D eigenvalue weighted by Gasteiger charge is -2.42. The van der Waals surface area contributed by atoms with Crippen LogP contribution in [0.1, 0.15) is 41.3 Å². The van der Waals surface area contributed by atoms with Gasteiger partial charge in [0.1, 0.15) is 23.4 Å². The summed E-state index contributed by atoms with van der Waals surface area (Å²) in [7, 11) is 0. The number of fused-ring (bicyclic) bond motifs is 3.